The van der Waals surface area contributed by atoms with Crippen LogP contribution < -0.4 is 5.32 Å². The molecule has 1 aromatic carbocycles. The van der Waals surface area contributed by atoms with Crippen molar-refractivity contribution < 1.29 is 27.7 Å². The molecule has 9 nitrogen and oxygen atoms in total. The molecule has 25 heavy (non-hydrogen) atoms. The number of carbonyl (C=O) groups excluding carboxylic acids is 2. The molecule has 136 valence electrons. The molecule has 1 heterocycles. The van der Waals surface area contributed by atoms with Crippen LogP contribution in [0.2, 0.25) is 0 Å². The Hall–Kier alpha value is -2.49. The van der Waals surface area contributed by atoms with E-state index in [1.165, 1.54) is 25.1 Å². The van der Waals surface area contributed by atoms with Crippen LogP contribution in [0.5, 0.6) is 0 Å². The predicted molar refractivity (Wildman–Crippen MR) is 87.9 cm³/mol. The number of hydrogen-bond donors (Lipinski definition) is 1. The molecular formula is C15H18N2O7S. The monoisotopic (exact) mass is 370 g/mol. The quantitative estimate of drug-likeness (QED) is 0.459. The topological polar surface area (TPSA) is 133 Å². The van der Waals surface area contributed by atoms with E-state index >= 15 is 0 Å². The fourth-order valence-electron chi connectivity index (χ4n) is 2.76. The Labute approximate surface area is 144 Å². The van der Waals surface area contributed by atoms with Crippen LogP contribution in [0.1, 0.15) is 29.3 Å². The van der Waals surface area contributed by atoms with Crippen LogP contribution in [-0.2, 0) is 19.4 Å². The molecule has 0 unspecified atom stereocenters. The van der Waals surface area contributed by atoms with Crippen molar-refractivity contribution in [3.8, 4) is 0 Å². The lowest BCUT2D eigenvalue weighted by molar-refractivity contribution is -0.385. The van der Waals surface area contributed by atoms with E-state index in [0.29, 0.717) is 5.56 Å². The standard InChI is InChI=1S/C15H18N2O7S/c1-10-4-3-5-11(13(10)17(20)21)14(19)24-8-12(18)16-15(2)6-7-25(22,23)9-15/h3-5H,6-9H2,1-2H3,(H,16,18)/t15-/m0/s1. The van der Waals surface area contributed by atoms with Crippen LogP contribution in [0.4, 0.5) is 5.69 Å². The summed E-state index contributed by atoms with van der Waals surface area (Å²) in [6.45, 7) is 2.44. The van der Waals surface area contributed by atoms with E-state index in [4.69, 9.17) is 4.74 Å². The number of sulfone groups is 1. The van der Waals surface area contributed by atoms with Crippen LogP contribution in [0.15, 0.2) is 18.2 Å². The number of hydrogen-bond acceptors (Lipinski definition) is 7. The molecular weight excluding hydrogens is 352 g/mol. The van der Waals surface area contributed by atoms with Crippen molar-refractivity contribution in [2.75, 3.05) is 18.1 Å². The van der Waals surface area contributed by atoms with Gasteiger partial charge in [0, 0.05) is 5.56 Å². The van der Waals surface area contributed by atoms with Crippen molar-refractivity contribution in [1.29, 1.82) is 0 Å². The number of aryl methyl sites for hydroxylation is 1. The zero-order valence-corrected chi connectivity index (χ0v) is 14.6. The van der Waals surface area contributed by atoms with Crippen molar-refractivity contribution in [2.45, 2.75) is 25.8 Å². The highest BCUT2D eigenvalue weighted by Crippen LogP contribution is 2.24. The van der Waals surface area contributed by atoms with E-state index in [-0.39, 0.29) is 29.2 Å². The zero-order valence-electron chi connectivity index (χ0n) is 13.8. The van der Waals surface area contributed by atoms with E-state index < -0.39 is 38.8 Å². The molecule has 0 aliphatic carbocycles. The summed E-state index contributed by atoms with van der Waals surface area (Å²) in [4.78, 5) is 34.4. The van der Waals surface area contributed by atoms with E-state index in [1.54, 1.807) is 6.92 Å². The van der Waals surface area contributed by atoms with E-state index in [2.05, 4.69) is 5.32 Å². The summed E-state index contributed by atoms with van der Waals surface area (Å²) < 4.78 is 27.9. The predicted octanol–water partition coefficient (Wildman–Crippen LogP) is 0.753. The summed E-state index contributed by atoms with van der Waals surface area (Å²) in [5.41, 5.74) is -1.22. The molecule has 1 aliphatic rings. The molecule has 0 saturated carbocycles. The van der Waals surface area contributed by atoms with Gasteiger partial charge in [-0.2, -0.15) is 0 Å². The van der Waals surface area contributed by atoms with Crippen LogP contribution in [0.25, 0.3) is 0 Å². The number of nitro groups is 1. The summed E-state index contributed by atoms with van der Waals surface area (Å²) in [5, 5.41) is 13.6. The Morgan fingerprint density at radius 1 is 1.40 bits per heavy atom. The number of benzene rings is 1. The summed E-state index contributed by atoms with van der Waals surface area (Å²) in [6.07, 6.45) is 0.276. The summed E-state index contributed by atoms with van der Waals surface area (Å²) in [7, 11) is -3.19. The average Bonchev–Trinajstić information content (AvgIpc) is 2.77. The number of ether oxygens (including phenoxy) is 1. The number of nitro benzene ring substituents is 1. The first kappa shape index (κ1) is 18.8. The van der Waals surface area contributed by atoms with Crippen LogP contribution >= 0.6 is 0 Å². The third-order valence-corrected chi connectivity index (χ3v) is 5.82. The molecule has 0 aromatic heterocycles. The number of rotatable bonds is 5. The Morgan fingerprint density at radius 3 is 2.64 bits per heavy atom. The lowest BCUT2D eigenvalue weighted by atomic mass is 10.0. The van der Waals surface area contributed by atoms with Crippen molar-refractivity contribution in [3.63, 3.8) is 0 Å². The summed E-state index contributed by atoms with van der Waals surface area (Å²) in [5.74, 6) is -1.85. The fourth-order valence-corrected chi connectivity index (χ4v) is 4.85. The van der Waals surface area contributed by atoms with Gasteiger partial charge < -0.3 is 10.1 Å². The van der Waals surface area contributed by atoms with Crippen LogP contribution in [0.3, 0.4) is 0 Å². The van der Waals surface area contributed by atoms with Crippen LogP contribution in [-0.4, -0.2) is 48.9 Å². The van der Waals surface area contributed by atoms with Crippen molar-refractivity contribution >= 4 is 27.4 Å². The van der Waals surface area contributed by atoms with Gasteiger partial charge in [0.2, 0.25) is 0 Å². The second-order valence-electron chi connectivity index (χ2n) is 6.26. The first-order chi connectivity index (χ1) is 11.5. The number of nitrogens with one attached hydrogen (secondary N) is 1. The van der Waals surface area contributed by atoms with Gasteiger partial charge in [0.05, 0.1) is 22.0 Å². The van der Waals surface area contributed by atoms with E-state index in [9.17, 15) is 28.1 Å². The summed E-state index contributed by atoms with van der Waals surface area (Å²) in [6, 6.07) is 4.21. The Bertz CT molecular complexity index is 834. The van der Waals surface area contributed by atoms with Gasteiger partial charge in [-0.25, -0.2) is 13.2 Å². The molecule has 1 aliphatic heterocycles. The number of esters is 1. The molecule has 1 atom stereocenters. The molecule has 0 radical (unpaired) electrons. The highest BCUT2D eigenvalue weighted by Gasteiger charge is 2.39. The summed E-state index contributed by atoms with van der Waals surface area (Å²) >= 11 is 0. The van der Waals surface area contributed by atoms with Gasteiger partial charge in [-0.15, -0.1) is 0 Å². The normalized spacial score (nSPS) is 21.5. The molecule has 1 saturated heterocycles. The van der Waals surface area contributed by atoms with Crippen molar-refractivity contribution in [1.82, 2.24) is 5.32 Å². The lowest BCUT2D eigenvalue weighted by Crippen LogP contribution is -2.48. The minimum Gasteiger partial charge on any atom is -0.452 e. The maximum atomic E-state index is 12.0. The molecule has 0 bridgehead atoms. The molecule has 1 aromatic rings. The maximum absolute atomic E-state index is 12.0. The Balaban J connectivity index is 2.00. The third kappa shape index (κ3) is 4.53. The van der Waals surface area contributed by atoms with Gasteiger partial charge in [0.1, 0.15) is 5.56 Å². The molecule has 1 N–H and O–H groups in total. The van der Waals surface area contributed by atoms with E-state index in [1.807, 2.05) is 0 Å². The van der Waals surface area contributed by atoms with Gasteiger partial charge in [-0.1, -0.05) is 12.1 Å². The average molecular weight is 370 g/mol. The first-order valence-electron chi connectivity index (χ1n) is 7.46. The van der Waals surface area contributed by atoms with Gasteiger partial charge in [-0.05, 0) is 26.3 Å². The third-order valence-electron chi connectivity index (χ3n) is 3.92. The molecule has 1 amide bonds. The molecule has 2 rings (SSSR count). The maximum Gasteiger partial charge on any atom is 0.345 e. The highest BCUT2D eigenvalue weighted by molar-refractivity contribution is 7.91. The first-order valence-corrected chi connectivity index (χ1v) is 9.28. The van der Waals surface area contributed by atoms with Crippen LogP contribution in [0, 0.1) is 17.0 Å². The number of carbonyl (C=O) groups is 2. The lowest BCUT2D eigenvalue weighted by Gasteiger charge is -2.23. The largest absolute Gasteiger partial charge is 0.452 e. The number of nitrogens with zero attached hydrogens (tertiary/aromatic N) is 1. The Morgan fingerprint density at radius 2 is 2.08 bits per heavy atom. The number of para-hydroxylation sites is 1. The molecule has 1 fully saturated rings. The molecule has 10 heteroatoms. The minimum absolute atomic E-state index is 0.0148. The van der Waals surface area contributed by atoms with Crippen molar-refractivity contribution in [2.24, 2.45) is 0 Å². The van der Waals surface area contributed by atoms with Crippen molar-refractivity contribution in [3.05, 3.63) is 39.4 Å². The second-order valence-corrected chi connectivity index (χ2v) is 8.44. The minimum atomic E-state index is -3.19. The number of amides is 1. The van der Waals surface area contributed by atoms with E-state index in [0.717, 1.165) is 0 Å². The van der Waals surface area contributed by atoms with Gasteiger partial charge >= 0.3 is 5.97 Å². The van der Waals surface area contributed by atoms with Gasteiger partial charge in [0.25, 0.3) is 11.6 Å². The van der Waals surface area contributed by atoms with Gasteiger partial charge in [-0.3, -0.25) is 14.9 Å². The Kier molecular flexibility index (Phi) is 5.12. The second kappa shape index (κ2) is 6.79. The van der Waals surface area contributed by atoms with Gasteiger partial charge in [0.15, 0.2) is 16.4 Å². The fraction of sp³-hybridized carbons (Fsp3) is 0.467. The zero-order chi connectivity index (χ0) is 18.8. The SMILES string of the molecule is Cc1cccc(C(=O)OCC(=O)N[C@@]2(C)CCS(=O)(=O)C2)c1[N+](=O)[O-]. The smallest absolute Gasteiger partial charge is 0.345 e. The molecule has 0 spiro atoms. The highest BCUT2D eigenvalue weighted by atomic mass is 32.2.